The van der Waals surface area contributed by atoms with E-state index in [4.69, 9.17) is 4.74 Å². The van der Waals surface area contributed by atoms with E-state index in [0.29, 0.717) is 37.5 Å². The lowest BCUT2D eigenvalue weighted by molar-refractivity contribution is -0.00280. The fourth-order valence-corrected chi connectivity index (χ4v) is 4.67. The second-order valence-electron chi connectivity index (χ2n) is 6.63. The number of amides is 2. The largest absolute Gasteiger partial charge is 0.376 e. The van der Waals surface area contributed by atoms with Crippen LogP contribution in [-0.4, -0.2) is 58.0 Å². The molecule has 0 spiro atoms. The Morgan fingerprint density at radius 2 is 2.00 bits per heavy atom. The van der Waals surface area contributed by atoms with Gasteiger partial charge in [0.15, 0.2) is 0 Å². The Morgan fingerprint density at radius 1 is 1.27 bits per heavy atom. The third-order valence-corrected chi connectivity index (χ3v) is 6.93. The van der Waals surface area contributed by atoms with Gasteiger partial charge in [0.2, 0.25) is 0 Å². The zero-order chi connectivity index (χ0) is 16.1. The normalized spacial score (nSPS) is 36.1. The number of rotatable bonds is 4. The number of hydrogen-bond donors (Lipinski definition) is 1. The number of urea groups is 1. The molecule has 0 bridgehead atoms. The summed E-state index contributed by atoms with van der Waals surface area (Å²) >= 11 is 0. The van der Waals surface area contributed by atoms with Gasteiger partial charge in [-0.2, -0.15) is 0 Å². The highest BCUT2D eigenvalue weighted by molar-refractivity contribution is 7.85. The topological polar surface area (TPSA) is 58.6 Å². The number of ether oxygens (including phenoxy) is 1. The van der Waals surface area contributed by atoms with Crippen molar-refractivity contribution >= 4 is 16.8 Å². The molecule has 0 aromatic heterocycles. The lowest BCUT2D eigenvalue weighted by atomic mass is 9.88. The van der Waals surface area contributed by atoms with Gasteiger partial charge in [-0.25, -0.2) is 4.79 Å². The van der Waals surface area contributed by atoms with Crippen LogP contribution in [0.1, 0.15) is 46.5 Å². The second kappa shape index (κ2) is 8.29. The molecular formula is C16H30N2O3S. The predicted molar refractivity (Wildman–Crippen MR) is 89.4 cm³/mol. The smallest absolute Gasteiger partial charge is 0.317 e. The minimum Gasteiger partial charge on any atom is -0.376 e. The van der Waals surface area contributed by atoms with Gasteiger partial charge in [-0.15, -0.1) is 0 Å². The van der Waals surface area contributed by atoms with E-state index in [2.05, 4.69) is 12.2 Å². The molecule has 2 fully saturated rings. The van der Waals surface area contributed by atoms with E-state index >= 15 is 0 Å². The Hall–Kier alpha value is -0.620. The van der Waals surface area contributed by atoms with Crippen molar-refractivity contribution in [3.63, 3.8) is 0 Å². The highest BCUT2D eigenvalue weighted by Gasteiger charge is 2.32. The van der Waals surface area contributed by atoms with Crippen molar-refractivity contribution in [3.05, 3.63) is 0 Å². The molecule has 2 amide bonds. The fraction of sp³-hybridized carbons (Fsp3) is 0.938. The van der Waals surface area contributed by atoms with Crippen molar-refractivity contribution < 1.29 is 13.7 Å². The maximum atomic E-state index is 12.2. The van der Waals surface area contributed by atoms with Crippen LogP contribution in [0.15, 0.2) is 0 Å². The summed E-state index contributed by atoms with van der Waals surface area (Å²) in [7, 11) is -0.813. The van der Waals surface area contributed by atoms with Crippen LogP contribution in [0, 0.1) is 5.92 Å². The fourth-order valence-electron chi connectivity index (χ4n) is 3.34. The van der Waals surface area contributed by atoms with Gasteiger partial charge in [0.1, 0.15) is 0 Å². The van der Waals surface area contributed by atoms with Gasteiger partial charge in [-0.05, 0) is 32.6 Å². The number of hydrogen-bond acceptors (Lipinski definition) is 3. The Bertz CT molecular complexity index is 405. The molecule has 1 aliphatic heterocycles. The highest BCUT2D eigenvalue weighted by atomic mass is 32.2. The molecule has 1 N–H and O–H groups in total. The molecule has 128 valence electrons. The lowest BCUT2D eigenvalue weighted by Gasteiger charge is -2.37. The van der Waals surface area contributed by atoms with E-state index in [-0.39, 0.29) is 17.3 Å². The molecule has 2 rings (SSSR count). The van der Waals surface area contributed by atoms with E-state index < -0.39 is 10.8 Å². The van der Waals surface area contributed by atoms with E-state index in [1.54, 1.807) is 4.90 Å². The van der Waals surface area contributed by atoms with Crippen LogP contribution in [0.2, 0.25) is 0 Å². The van der Waals surface area contributed by atoms with Crippen molar-refractivity contribution in [1.82, 2.24) is 10.2 Å². The summed E-state index contributed by atoms with van der Waals surface area (Å²) in [4.78, 5) is 14.0. The first kappa shape index (κ1) is 17.7. The Kier molecular flexibility index (Phi) is 6.68. The summed E-state index contributed by atoms with van der Waals surface area (Å²) < 4.78 is 17.7. The summed E-state index contributed by atoms with van der Waals surface area (Å²) in [5.74, 6) is 1.21. The summed E-state index contributed by atoms with van der Waals surface area (Å²) in [5.41, 5.74) is 0. The molecule has 0 aromatic carbocycles. The maximum Gasteiger partial charge on any atom is 0.317 e. The van der Waals surface area contributed by atoms with E-state index in [1.807, 2.05) is 13.8 Å². The van der Waals surface area contributed by atoms with Crippen molar-refractivity contribution in [2.45, 2.75) is 63.9 Å². The third-order valence-electron chi connectivity index (χ3n) is 5.12. The van der Waals surface area contributed by atoms with Gasteiger partial charge < -0.3 is 15.0 Å². The number of nitrogens with one attached hydrogen (secondary N) is 1. The van der Waals surface area contributed by atoms with Crippen molar-refractivity contribution in [2.24, 2.45) is 5.92 Å². The number of nitrogens with zero attached hydrogens (tertiary/aromatic N) is 1. The minimum atomic E-state index is -0.813. The Labute approximate surface area is 136 Å². The average molecular weight is 330 g/mol. The lowest BCUT2D eigenvalue weighted by Crippen LogP contribution is -2.55. The van der Waals surface area contributed by atoms with Gasteiger partial charge in [-0.1, -0.05) is 19.8 Å². The number of carbonyl (C=O) groups is 1. The molecule has 22 heavy (non-hydrogen) atoms. The predicted octanol–water partition coefficient (Wildman–Crippen LogP) is 2.13. The van der Waals surface area contributed by atoms with E-state index in [9.17, 15) is 9.00 Å². The van der Waals surface area contributed by atoms with Crippen molar-refractivity contribution in [1.29, 1.82) is 0 Å². The zero-order valence-corrected chi connectivity index (χ0v) is 14.9. The molecule has 2 aliphatic rings. The number of carbonyl (C=O) groups excluding carboxylic acids is 1. The Morgan fingerprint density at radius 3 is 2.73 bits per heavy atom. The van der Waals surface area contributed by atoms with Crippen molar-refractivity contribution in [3.8, 4) is 0 Å². The van der Waals surface area contributed by atoms with Crippen LogP contribution in [0.5, 0.6) is 0 Å². The zero-order valence-electron chi connectivity index (χ0n) is 14.0. The molecule has 1 saturated carbocycles. The summed E-state index contributed by atoms with van der Waals surface area (Å²) in [6.07, 6.45) is 5.30. The van der Waals surface area contributed by atoms with Crippen LogP contribution in [-0.2, 0) is 15.5 Å². The molecular weight excluding hydrogens is 300 g/mol. The van der Waals surface area contributed by atoms with E-state index in [1.165, 1.54) is 19.3 Å². The minimum absolute atomic E-state index is 0.0221. The first-order valence-corrected chi connectivity index (χ1v) is 9.92. The first-order valence-electron chi connectivity index (χ1n) is 8.54. The van der Waals surface area contributed by atoms with Gasteiger partial charge in [0, 0.05) is 35.7 Å². The van der Waals surface area contributed by atoms with Crippen LogP contribution < -0.4 is 5.32 Å². The first-order chi connectivity index (χ1) is 10.5. The molecule has 1 aliphatic carbocycles. The molecule has 0 unspecified atom stereocenters. The van der Waals surface area contributed by atoms with Gasteiger partial charge in [0.05, 0.1) is 18.0 Å². The molecule has 6 heteroatoms. The maximum absolute atomic E-state index is 12.2. The SMILES string of the molecule is C[C@H]1CCCC[C@H]1OCCNC(=O)N1CC[S@@](=O)[C@@H](C)[C@@H]1C. The summed E-state index contributed by atoms with van der Waals surface area (Å²) in [6.45, 7) is 7.87. The van der Waals surface area contributed by atoms with Crippen molar-refractivity contribution in [2.75, 3.05) is 25.4 Å². The molecule has 0 radical (unpaired) electrons. The molecule has 1 saturated heterocycles. The van der Waals surface area contributed by atoms with Crippen LogP contribution in [0.4, 0.5) is 4.79 Å². The summed E-state index contributed by atoms with van der Waals surface area (Å²) in [5, 5.41) is 2.98. The Balaban J connectivity index is 1.68. The molecule has 0 aromatic rings. The quantitative estimate of drug-likeness (QED) is 0.804. The standard InChI is InChI=1S/C16H30N2O3S/c1-12-6-4-5-7-15(12)21-10-8-17-16(19)18-9-11-22(20)14(3)13(18)2/h12-15H,4-11H2,1-3H3,(H,17,19)/t12-,13-,14-,15+,22+/m0/s1. The van der Waals surface area contributed by atoms with Gasteiger partial charge in [-0.3, -0.25) is 4.21 Å². The molecule has 5 atom stereocenters. The third kappa shape index (κ3) is 4.44. The second-order valence-corrected chi connectivity index (χ2v) is 8.54. The van der Waals surface area contributed by atoms with Gasteiger partial charge >= 0.3 is 6.03 Å². The van der Waals surface area contributed by atoms with Gasteiger partial charge in [0.25, 0.3) is 0 Å². The van der Waals surface area contributed by atoms with E-state index in [0.717, 1.165) is 6.42 Å². The van der Waals surface area contributed by atoms with Crippen LogP contribution in [0.3, 0.4) is 0 Å². The average Bonchev–Trinajstić information content (AvgIpc) is 2.50. The summed E-state index contributed by atoms with van der Waals surface area (Å²) in [6, 6.07) is -0.0368. The monoisotopic (exact) mass is 330 g/mol. The van der Waals surface area contributed by atoms with Crippen LogP contribution in [0.25, 0.3) is 0 Å². The molecule has 5 nitrogen and oxygen atoms in total. The highest BCUT2D eigenvalue weighted by Crippen LogP contribution is 2.26. The molecule has 1 heterocycles. The van der Waals surface area contributed by atoms with Crippen LogP contribution >= 0.6 is 0 Å².